The second kappa shape index (κ2) is 8.22. The molecule has 1 fully saturated rings. The van der Waals surface area contributed by atoms with E-state index in [-0.39, 0.29) is 18.4 Å². The number of carbonyl (C=O) groups excluding carboxylic acids is 1. The molecule has 3 aromatic rings. The lowest BCUT2D eigenvalue weighted by atomic mass is 10.0. The van der Waals surface area contributed by atoms with Gasteiger partial charge in [-0.25, -0.2) is 0 Å². The predicted octanol–water partition coefficient (Wildman–Crippen LogP) is 2.76. The van der Waals surface area contributed by atoms with Gasteiger partial charge in [0, 0.05) is 13.1 Å². The molecule has 0 bridgehead atoms. The number of likely N-dealkylation sites (tertiary alicyclic amines) is 1. The lowest BCUT2D eigenvalue weighted by molar-refractivity contribution is -0.138. The molecule has 0 radical (unpaired) electrons. The van der Waals surface area contributed by atoms with E-state index in [1.165, 1.54) is 0 Å². The fraction of sp³-hybridized carbons (Fsp3) is 0.286. The van der Waals surface area contributed by atoms with Gasteiger partial charge in [-0.1, -0.05) is 17.3 Å². The van der Waals surface area contributed by atoms with E-state index in [4.69, 9.17) is 18.7 Å². The lowest BCUT2D eigenvalue weighted by Gasteiger charge is -2.36. The Balaban J connectivity index is 1.30. The third kappa shape index (κ3) is 4.01. The van der Waals surface area contributed by atoms with Crippen molar-refractivity contribution in [2.24, 2.45) is 0 Å². The van der Waals surface area contributed by atoms with Crippen LogP contribution in [0, 0.1) is 0 Å². The van der Waals surface area contributed by atoms with Crippen LogP contribution < -0.4 is 14.2 Å². The van der Waals surface area contributed by atoms with Crippen molar-refractivity contribution in [1.29, 1.82) is 0 Å². The van der Waals surface area contributed by atoms with Crippen molar-refractivity contribution in [3.05, 3.63) is 54.4 Å². The Kier molecular flexibility index (Phi) is 5.33. The van der Waals surface area contributed by atoms with Crippen molar-refractivity contribution in [3.63, 3.8) is 0 Å². The summed E-state index contributed by atoms with van der Waals surface area (Å²) in [4.78, 5) is 18.5. The van der Waals surface area contributed by atoms with Crippen LogP contribution in [0.15, 0.2) is 53.1 Å². The molecule has 0 aliphatic carbocycles. The van der Waals surface area contributed by atoms with Gasteiger partial charge in [-0.3, -0.25) is 4.79 Å². The summed E-state index contributed by atoms with van der Waals surface area (Å²) < 4.78 is 21.4. The number of ether oxygens (including phenoxy) is 3. The Morgan fingerprint density at radius 2 is 1.79 bits per heavy atom. The molecule has 0 saturated carbocycles. The molecule has 1 aliphatic rings. The molecule has 29 heavy (non-hydrogen) atoms. The number of hydrogen-bond donors (Lipinski definition) is 0. The van der Waals surface area contributed by atoms with Gasteiger partial charge in [0.1, 0.15) is 17.2 Å². The first-order chi connectivity index (χ1) is 14.2. The van der Waals surface area contributed by atoms with Crippen LogP contribution in [0.5, 0.6) is 17.2 Å². The zero-order valence-electron chi connectivity index (χ0n) is 16.2. The first-order valence-corrected chi connectivity index (χ1v) is 9.19. The number of hydrogen-bond acceptors (Lipinski definition) is 7. The second-order valence-corrected chi connectivity index (χ2v) is 6.62. The number of aromatic nitrogens is 2. The Morgan fingerprint density at radius 3 is 2.52 bits per heavy atom. The number of methoxy groups -OCH3 is 2. The third-order valence-electron chi connectivity index (χ3n) is 4.79. The van der Waals surface area contributed by atoms with Crippen LogP contribution in [-0.2, 0) is 4.79 Å². The molecule has 4 rings (SSSR count). The van der Waals surface area contributed by atoms with E-state index in [1.54, 1.807) is 43.4 Å². The summed E-state index contributed by atoms with van der Waals surface area (Å²) in [6, 6.07) is 14.6. The Bertz CT molecular complexity index is 980. The minimum Gasteiger partial charge on any atom is -0.497 e. The smallest absolute Gasteiger partial charge is 0.260 e. The molecule has 1 aliphatic heterocycles. The van der Waals surface area contributed by atoms with Gasteiger partial charge in [-0.2, -0.15) is 4.98 Å². The van der Waals surface area contributed by atoms with E-state index in [2.05, 4.69) is 10.1 Å². The van der Waals surface area contributed by atoms with Gasteiger partial charge < -0.3 is 23.6 Å². The molecule has 1 amide bonds. The topological polar surface area (TPSA) is 86.9 Å². The molecular formula is C21H21N3O5. The Hall–Kier alpha value is -3.55. The maximum atomic E-state index is 12.3. The SMILES string of the molecule is COc1ccc(OCC(=O)N2CC(c3nc(-c4ccccc4OC)no3)C2)cc1. The number of benzene rings is 2. The summed E-state index contributed by atoms with van der Waals surface area (Å²) in [6.45, 7) is 1.03. The van der Waals surface area contributed by atoms with E-state index in [0.29, 0.717) is 36.3 Å². The minimum absolute atomic E-state index is 0.0185. The molecule has 0 unspecified atom stereocenters. The zero-order valence-corrected chi connectivity index (χ0v) is 16.2. The molecule has 8 nitrogen and oxygen atoms in total. The summed E-state index contributed by atoms with van der Waals surface area (Å²) in [5, 5.41) is 4.05. The fourth-order valence-corrected chi connectivity index (χ4v) is 3.09. The maximum absolute atomic E-state index is 12.3. The molecule has 150 valence electrons. The Labute approximate surface area is 168 Å². The van der Waals surface area contributed by atoms with Crippen molar-refractivity contribution >= 4 is 5.91 Å². The summed E-state index contributed by atoms with van der Waals surface area (Å²) in [6.07, 6.45) is 0. The maximum Gasteiger partial charge on any atom is 0.260 e. The van der Waals surface area contributed by atoms with Gasteiger partial charge in [-0.05, 0) is 36.4 Å². The van der Waals surface area contributed by atoms with Crippen molar-refractivity contribution in [2.75, 3.05) is 33.9 Å². The number of para-hydroxylation sites is 1. The Morgan fingerprint density at radius 1 is 1.07 bits per heavy atom. The molecular weight excluding hydrogens is 374 g/mol. The van der Waals surface area contributed by atoms with Gasteiger partial charge in [0.25, 0.3) is 5.91 Å². The van der Waals surface area contributed by atoms with Crippen LogP contribution in [0.25, 0.3) is 11.4 Å². The molecule has 1 aromatic heterocycles. The van der Waals surface area contributed by atoms with Crippen LogP contribution in [0.3, 0.4) is 0 Å². The first-order valence-electron chi connectivity index (χ1n) is 9.19. The molecule has 2 aromatic carbocycles. The van der Waals surface area contributed by atoms with Crippen molar-refractivity contribution < 1.29 is 23.5 Å². The standard InChI is InChI=1S/C21H21N3O5/c1-26-15-7-9-16(10-8-15)28-13-19(25)24-11-14(12-24)21-22-20(23-29-21)17-5-3-4-6-18(17)27-2/h3-10,14H,11-13H2,1-2H3. The van der Waals surface area contributed by atoms with Crippen molar-refractivity contribution in [1.82, 2.24) is 15.0 Å². The largest absolute Gasteiger partial charge is 0.497 e. The van der Waals surface area contributed by atoms with E-state index in [0.717, 1.165) is 11.3 Å². The van der Waals surface area contributed by atoms with E-state index in [9.17, 15) is 4.79 Å². The van der Waals surface area contributed by atoms with E-state index in [1.807, 2.05) is 24.3 Å². The highest BCUT2D eigenvalue weighted by atomic mass is 16.5. The quantitative estimate of drug-likeness (QED) is 0.608. The number of nitrogens with zero attached hydrogens (tertiary/aromatic N) is 3. The molecule has 8 heteroatoms. The molecule has 0 spiro atoms. The summed E-state index contributed by atoms with van der Waals surface area (Å²) in [5.41, 5.74) is 0.769. The molecule has 2 heterocycles. The van der Waals surface area contributed by atoms with Crippen LogP contribution in [0.4, 0.5) is 0 Å². The molecule has 0 atom stereocenters. The highest BCUT2D eigenvalue weighted by molar-refractivity contribution is 5.78. The first kappa shape index (κ1) is 18.8. The number of rotatable bonds is 7. The lowest BCUT2D eigenvalue weighted by Crippen LogP contribution is -2.50. The van der Waals surface area contributed by atoms with Crippen molar-refractivity contribution in [3.8, 4) is 28.6 Å². The summed E-state index contributed by atoms with van der Waals surface area (Å²) in [7, 11) is 3.20. The zero-order chi connectivity index (χ0) is 20.2. The normalized spacial score (nSPS) is 13.7. The highest BCUT2D eigenvalue weighted by Crippen LogP contribution is 2.31. The van der Waals surface area contributed by atoms with Gasteiger partial charge in [0.05, 0.1) is 25.7 Å². The fourth-order valence-electron chi connectivity index (χ4n) is 3.09. The third-order valence-corrected chi connectivity index (χ3v) is 4.79. The second-order valence-electron chi connectivity index (χ2n) is 6.62. The summed E-state index contributed by atoms with van der Waals surface area (Å²) in [5.74, 6) is 2.98. The van der Waals surface area contributed by atoms with Gasteiger partial charge in [-0.15, -0.1) is 0 Å². The average Bonchev–Trinajstić information content (AvgIpc) is 3.21. The van der Waals surface area contributed by atoms with Crippen LogP contribution in [0.2, 0.25) is 0 Å². The van der Waals surface area contributed by atoms with E-state index < -0.39 is 0 Å². The van der Waals surface area contributed by atoms with E-state index >= 15 is 0 Å². The van der Waals surface area contributed by atoms with Gasteiger partial charge in [0.2, 0.25) is 11.7 Å². The highest BCUT2D eigenvalue weighted by Gasteiger charge is 2.36. The molecule has 0 N–H and O–H groups in total. The van der Waals surface area contributed by atoms with Crippen LogP contribution in [0.1, 0.15) is 11.8 Å². The average molecular weight is 395 g/mol. The van der Waals surface area contributed by atoms with Crippen molar-refractivity contribution in [2.45, 2.75) is 5.92 Å². The summed E-state index contributed by atoms with van der Waals surface area (Å²) >= 11 is 0. The number of amides is 1. The number of carbonyl (C=O) groups is 1. The predicted molar refractivity (Wildman–Crippen MR) is 104 cm³/mol. The molecule has 1 saturated heterocycles. The minimum atomic E-state index is -0.0819. The monoisotopic (exact) mass is 395 g/mol. The van der Waals surface area contributed by atoms with Gasteiger partial charge in [0.15, 0.2) is 6.61 Å². The van der Waals surface area contributed by atoms with Gasteiger partial charge >= 0.3 is 0 Å². The van der Waals surface area contributed by atoms with Crippen LogP contribution in [-0.4, -0.2) is 54.9 Å². The van der Waals surface area contributed by atoms with Crippen LogP contribution >= 0.6 is 0 Å².